The second-order valence-corrected chi connectivity index (χ2v) is 7.57. The number of hydrogen-bond donors (Lipinski definition) is 1. The summed E-state index contributed by atoms with van der Waals surface area (Å²) in [5.74, 6) is 0.226. The number of fused-ring (bicyclic) bond motifs is 1. The number of likely N-dealkylation sites (tertiary alicyclic amines) is 1. The van der Waals surface area contributed by atoms with Crippen molar-refractivity contribution >= 4 is 21.8 Å². The SMILES string of the molecule is O=C(CN=C1NS(=O)(=O)c2ccccc21)N1CCCCCCC1. The molecule has 1 amide bonds. The lowest BCUT2D eigenvalue weighted by Gasteiger charge is -2.24. The van der Waals surface area contributed by atoms with Gasteiger partial charge in [-0.1, -0.05) is 31.4 Å². The van der Waals surface area contributed by atoms with Gasteiger partial charge in [-0.3, -0.25) is 14.5 Å². The maximum atomic E-state index is 12.3. The average Bonchev–Trinajstić information content (AvgIpc) is 2.76. The van der Waals surface area contributed by atoms with Gasteiger partial charge < -0.3 is 4.90 Å². The number of aliphatic imine (C=N–C) groups is 1. The summed E-state index contributed by atoms with van der Waals surface area (Å²) in [4.78, 5) is 18.6. The van der Waals surface area contributed by atoms with E-state index >= 15 is 0 Å². The van der Waals surface area contributed by atoms with Gasteiger partial charge in [0.25, 0.3) is 10.0 Å². The first-order valence-corrected chi connectivity index (χ1v) is 9.51. The van der Waals surface area contributed by atoms with E-state index in [0.29, 0.717) is 5.56 Å². The Morgan fingerprint density at radius 3 is 2.48 bits per heavy atom. The molecule has 1 aromatic carbocycles. The van der Waals surface area contributed by atoms with E-state index < -0.39 is 10.0 Å². The molecule has 2 aliphatic heterocycles. The number of sulfonamides is 1. The van der Waals surface area contributed by atoms with E-state index in [-0.39, 0.29) is 23.2 Å². The molecular weight excluding hydrogens is 314 g/mol. The van der Waals surface area contributed by atoms with Gasteiger partial charge in [0.1, 0.15) is 12.4 Å². The molecule has 1 aromatic rings. The van der Waals surface area contributed by atoms with Crippen molar-refractivity contribution in [2.45, 2.75) is 37.0 Å². The molecule has 0 bridgehead atoms. The first-order valence-electron chi connectivity index (χ1n) is 8.02. The molecule has 124 valence electrons. The summed E-state index contributed by atoms with van der Waals surface area (Å²) < 4.78 is 26.4. The van der Waals surface area contributed by atoms with Crippen LogP contribution in [0.1, 0.15) is 37.7 Å². The molecule has 0 spiro atoms. The van der Waals surface area contributed by atoms with E-state index in [4.69, 9.17) is 0 Å². The van der Waals surface area contributed by atoms with Crippen LogP contribution in [0.15, 0.2) is 34.2 Å². The maximum absolute atomic E-state index is 12.3. The van der Waals surface area contributed by atoms with Crippen molar-refractivity contribution in [3.63, 3.8) is 0 Å². The van der Waals surface area contributed by atoms with Crippen LogP contribution in [0, 0.1) is 0 Å². The van der Waals surface area contributed by atoms with Gasteiger partial charge in [0.05, 0.1) is 4.90 Å². The molecule has 0 unspecified atom stereocenters. The van der Waals surface area contributed by atoms with Crippen LogP contribution in [0.25, 0.3) is 0 Å². The fourth-order valence-corrected chi connectivity index (χ4v) is 4.25. The molecule has 1 saturated heterocycles. The predicted octanol–water partition coefficient (Wildman–Crippen LogP) is 1.52. The Morgan fingerprint density at radius 2 is 1.74 bits per heavy atom. The topological polar surface area (TPSA) is 78.8 Å². The molecule has 0 atom stereocenters. The van der Waals surface area contributed by atoms with Crippen LogP contribution in [0.3, 0.4) is 0 Å². The normalized spacial score (nSPS) is 22.1. The van der Waals surface area contributed by atoms with Crippen LogP contribution in [0.2, 0.25) is 0 Å². The van der Waals surface area contributed by atoms with Gasteiger partial charge >= 0.3 is 0 Å². The van der Waals surface area contributed by atoms with Crippen molar-refractivity contribution in [2.75, 3.05) is 19.6 Å². The molecule has 3 rings (SSSR count). The molecule has 0 radical (unpaired) electrons. The third kappa shape index (κ3) is 3.55. The summed E-state index contributed by atoms with van der Waals surface area (Å²) in [7, 11) is -3.54. The van der Waals surface area contributed by atoms with Gasteiger partial charge in [0.2, 0.25) is 5.91 Å². The average molecular weight is 335 g/mol. The summed E-state index contributed by atoms with van der Waals surface area (Å²) in [6.07, 6.45) is 5.61. The third-order valence-corrected chi connectivity index (χ3v) is 5.64. The van der Waals surface area contributed by atoms with Gasteiger partial charge in [0, 0.05) is 18.7 Å². The number of amidine groups is 1. The first kappa shape index (κ1) is 16.0. The van der Waals surface area contributed by atoms with E-state index in [1.165, 1.54) is 6.42 Å². The Bertz CT molecular complexity index is 720. The van der Waals surface area contributed by atoms with Crippen molar-refractivity contribution in [1.29, 1.82) is 0 Å². The quantitative estimate of drug-likeness (QED) is 0.890. The number of carbonyl (C=O) groups excluding carboxylic acids is 1. The smallest absolute Gasteiger partial charge is 0.263 e. The van der Waals surface area contributed by atoms with E-state index in [0.717, 1.165) is 38.8 Å². The minimum absolute atomic E-state index is 0.0216. The molecule has 1 fully saturated rings. The summed E-state index contributed by atoms with van der Waals surface area (Å²) >= 11 is 0. The van der Waals surface area contributed by atoms with E-state index in [1.807, 2.05) is 4.90 Å². The summed E-state index contributed by atoms with van der Waals surface area (Å²) in [5, 5.41) is 0. The second kappa shape index (κ2) is 6.70. The minimum atomic E-state index is -3.54. The van der Waals surface area contributed by atoms with Crippen molar-refractivity contribution in [1.82, 2.24) is 9.62 Å². The number of nitrogens with one attached hydrogen (secondary N) is 1. The summed E-state index contributed by atoms with van der Waals surface area (Å²) in [6.45, 7) is 1.52. The zero-order chi connectivity index (χ0) is 16.3. The van der Waals surface area contributed by atoms with Crippen LogP contribution in [0.5, 0.6) is 0 Å². The van der Waals surface area contributed by atoms with Crippen molar-refractivity contribution in [3.05, 3.63) is 29.8 Å². The Hall–Kier alpha value is -1.89. The van der Waals surface area contributed by atoms with Crippen LogP contribution >= 0.6 is 0 Å². The van der Waals surface area contributed by atoms with Crippen LogP contribution in [0.4, 0.5) is 0 Å². The van der Waals surface area contributed by atoms with E-state index in [2.05, 4.69) is 9.71 Å². The highest BCUT2D eigenvalue weighted by molar-refractivity contribution is 7.90. The van der Waals surface area contributed by atoms with Crippen molar-refractivity contribution in [2.24, 2.45) is 4.99 Å². The molecule has 0 aromatic heterocycles. The number of carbonyl (C=O) groups is 1. The highest BCUT2D eigenvalue weighted by Crippen LogP contribution is 2.22. The second-order valence-electron chi connectivity index (χ2n) is 5.92. The number of benzene rings is 1. The van der Waals surface area contributed by atoms with Gasteiger partial charge in [-0.05, 0) is 25.0 Å². The highest BCUT2D eigenvalue weighted by atomic mass is 32.2. The Balaban J connectivity index is 1.72. The Kier molecular flexibility index (Phi) is 4.66. The molecule has 2 heterocycles. The Labute approximate surface area is 136 Å². The zero-order valence-electron chi connectivity index (χ0n) is 13.0. The fraction of sp³-hybridized carbons (Fsp3) is 0.500. The molecule has 0 saturated carbocycles. The lowest BCUT2D eigenvalue weighted by atomic mass is 10.1. The summed E-state index contributed by atoms with van der Waals surface area (Å²) in [6, 6.07) is 6.68. The van der Waals surface area contributed by atoms with Crippen LogP contribution in [-0.4, -0.2) is 44.7 Å². The molecule has 2 aliphatic rings. The maximum Gasteiger partial charge on any atom is 0.263 e. The van der Waals surface area contributed by atoms with Crippen LogP contribution < -0.4 is 4.72 Å². The molecule has 6 nitrogen and oxygen atoms in total. The minimum Gasteiger partial charge on any atom is -0.341 e. The van der Waals surface area contributed by atoms with E-state index in [1.54, 1.807) is 24.3 Å². The van der Waals surface area contributed by atoms with Gasteiger partial charge in [0.15, 0.2) is 0 Å². The molecule has 23 heavy (non-hydrogen) atoms. The largest absolute Gasteiger partial charge is 0.341 e. The van der Waals surface area contributed by atoms with Crippen molar-refractivity contribution < 1.29 is 13.2 Å². The van der Waals surface area contributed by atoms with E-state index in [9.17, 15) is 13.2 Å². The number of rotatable bonds is 2. The van der Waals surface area contributed by atoms with Crippen LogP contribution in [-0.2, 0) is 14.8 Å². The van der Waals surface area contributed by atoms with Gasteiger partial charge in [-0.15, -0.1) is 0 Å². The standard InChI is InChI=1S/C16H21N3O3S/c20-15(19-10-6-2-1-3-7-11-19)12-17-16-13-8-4-5-9-14(13)23(21,22)18-16/h4-5,8-9H,1-3,6-7,10-12H2,(H,17,18). The van der Waals surface area contributed by atoms with Gasteiger partial charge in [-0.2, -0.15) is 0 Å². The Morgan fingerprint density at radius 1 is 1.09 bits per heavy atom. The third-order valence-electron chi connectivity index (χ3n) is 4.24. The van der Waals surface area contributed by atoms with Crippen molar-refractivity contribution in [3.8, 4) is 0 Å². The number of hydrogen-bond acceptors (Lipinski definition) is 4. The van der Waals surface area contributed by atoms with Gasteiger partial charge in [-0.25, -0.2) is 8.42 Å². The summed E-state index contributed by atoms with van der Waals surface area (Å²) in [5.41, 5.74) is 0.535. The highest BCUT2D eigenvalue weighted by Gasteiger charge is 2.30. The lowest BCUT2D eigenvalue weighted by Crippen LogP contribution is -2.36. The monoisotopic (exact) mass is 335 g/mol. The molecule has 1 N–H and O–H groups in total. The zero-order valence-corrected chi connectivity index (χ0v) is 13.8. The predicted molar refractivity (Wildman–Crippen MR) is 87.8 cm³/mol. The fourth-order valence-electron chi connectivity index (χ4n) is 2.99. The number of nitrogens with zero attached hydrogens (tertiary/aromatic N) is 2. The number of amides is 1. The molecule has 0 aliphatic carbocycles. The lowest BCUT2D eigenvalue weighted by molar-refractivity contribution is -0.129. The first-order chi connectivity index (χ1) is 11.1. The molecule has 7 heteroatoms. The molecular formula is C16H21N3O3S.